The van der Waals surface area contributed by atoms with Crippen molar-refractivity contribution in [2.24, 2.45) is 0 Å². The minimum atomic E-state index is -0.0429. The van der Waals surface area contributed by atoms with E-state index < -0.39 is 0 Å². The summed E-state index contributed by atoms with van der Waals surface area (Å²) in [5.74, 6) is 0.523. The molecule has 4 heteroatoms. The van der Waals surface area contributed by atoms with E-state index in [1.807, 2.05) is 0 Å². The molecule has 0 aliphatic carbocycles. The van der Waals surface area contributed by atoms with Gasteiger partial charge in [-0.2, -0.15) is 0 Å². The van der Waals surface area contributed by atoms with Crippen molar-refractivity contribution in [1.29, 1.82) is 0 Å². The van der Waals surface area contributed by atoms with Crippen molar-refractivity contribution >= 4 is 6.29 Å². The van der Waals surface area contributed by atoms with Crippen LogP contribution in [0.4, 0.5) is 0 Å². The minimum absolute atomic E-state index is 0.0429. The second-order valence-corrected chi connectivity index (χ2v) is 2.73. The first-order valence-electron chi connectivity index (χ1n) is 3.92. The Hall–Kier alpha value is -1.16. The molecule has 1 aliphatic rings. The highest BCUT2D eigenvalue weighted by molar-refractivity contribution is 5.70. The van der Waals surface area contributed by atoms with E-state index in [1.54, 1.807) is 0 Å². The lowest BCUT2D eigenvalue weighted by Crippen LogP contribution is -1.95. The van der Waals surface area contributed by atoms with Gasteiger partial charge in [0, 0.05) is 6.61 Å². The minimum Gasteiger partial charge on any atom is -0.445 e. The zero-order valence-corrected chi connectivity index (χ0v) is 6.53. The number of hydrogen-bond acceptors (Lipinski definition) is 4. The first-order valence-corrected chi connectivity index (χ1v) is 3.92. The number of hydrogen-bond donors (Lipinski definition) is 0. The fraction of sp³-hybridized carbons (Fsp3) is 0.500. The summed E-state index contributed by atoms with van der Waals surface area (Å²) in [7, 11) is 0. The van der Waals surface area contributed by atoms with Gasteiger partial charge in [0.2, 0.25) is 5.89 Å². The summed E-state index contributed by atoms with van der Waals surface area (Å²) in [4.78, 5) is 14.2. The van der Waals surface area contributed by atoms with E-state index in [9.17, 15) is 4.79 Å². The molecule has 1 aromatic heterocycles. The van der Waals surface area contributed by atoms with E-state index in [0.717, 1.165) is 19.4 Å². The lowest BCUT2D eigenvalue weighted by Gasteiger charge is -2.01. The predicted octanol–water partition coefficient (Wildman–Crippen LogP) is 1.34. The third-order valence-corrected chi connectivity index (χ3v) is 1.87. The first kappa shape index (κ1) is 7.49. The van der Waals surface area contributed by atoms with Crippen LogP contribution in [0.3, 0.4) is 0 Å². The highest BCUT2D eigenvalue weighted by atomic mass is 16.5. The van der Waals surface area contributed by atoms with Crippen molar-refractivity contribution in [1.82, 2.24) is 4.98 Å². The SMILES string of the molecule is O=Cc1coc(C2CCCO2)n1. The van der Waals surface area contributed by atoms with Crippen LogP contribution in [0, 0.1) is 0 Å². The molecule has 1 fully saturated rings. The molecule has 0 radical (unpaired) electrons. The summed E-state index contributed by atoms with van der Waals surface area (Å²) < 4.78 is 10.4. The van der Waals surface area contributed by atoms with Crippen molar-refractivity contribution in [2.75, 3.05) is 6.61 Å². The summed E-state index contributed by atoms with van der Waals surface area (Å²) in [6, 6.07) is 0. The largest absolute Gasteiger partial charge is 0.445 e. The third-order valence-electron chi connectivity index (χ3n) is 1.87. The number of carbonyl (C=O) groups is 1. The number of ether oxygens (including phenoxy) is 1. The molecule has 0 N–H and O–H groups in total. The second kappa shape index (κ2) is 3.06. The molecule has 0 saturated carbocycles. The normalized spacial score (nSPS) is 22.8. The molecule has 12 heavy (non-hydrogen) atoms. The van der Waals surface area contributed by atoms with Gasteiger partial charge in [0.15, 0.2) is 6.29 Å². The van der Waals surface area contributed by atoms with E-state index in [1.165, 1.54) is 6.26 Å². The average Bonchev–Trinajstić information content (AvgIpc) is 2.75. The molecule has 2 rings (SSSR count). The van der Waals surface area contributed by atoms with Crippen LogP contribution in [0.1, 0.15) is 35.3 Å². The molecule has 2 heterocycles. The second-order valence-electron chi connectivity index (χ2n) is 2.73. The van der Waals surface area contributed by atoms with E-state index in [2.05, 4.69) is 4.98 Å². The van der Waals surface area contributed by atoms with Gasteiger partial charge < -0.3 is 9.15 Å². The zero-order valence-electron chi connectivity index (χ0n) is 6.53. The summed E-state index contributed by atoms with van der Waals surface area (Å²) >= 11 is 0. The van der Waals surface area contributed by atoms with Gasteiger partial charge in [-0.1, -0.05) is 0 Å². The quantitative estimate of drug-likeness (QED) is 0.623. The Morgan fingerprint density at radius 1 is 1.67 bits per heavy atom. The van der Waals surface area contributed by atoms with Gasteiger partial charge >= 0.3 is 0 Å². The molecule has 64 valence electrons. The summed E-state index contributed by atoms with van der Waals surface area (Å²) in [5.41, 5.74) is 0.334. The van der Waals surface area contributed by atoms with E-state index in [0.29, 0.717) is 17.9 Å². The van der Waals surface area contributed by atoms with E-state index in [4.69, 9.17) is 9.15 Å². The van der Waals surface area contributed by atoms with Crippen LogP contribution in [0.25, 0.3) is 0 Å². The van der Waals surface area contributed by atoms with Crippen molar-refractivity contribution in [3.05, 3.63) is 17.8 Å². The van der Waals surface area contributed by atoms with Crippen LogP contribution in [-0.2, 0) is 4.74 Å². The van der Waals surface area contributed by atoms with Gasteiger partial charge in [-0.15, -0.1) is 0 Å². The molecule has 1 saturated heterocycles. The Morgan fingerprint density at radius 2 is 2.58 bits per heavy atom. The average molecular weight is 167 g/mol. The van der Waals surface area contributed by atoms with Crippen LogP contribution < -0.4 is 0 Å². The standard InChI is InChI=1S/C8H9NO3/c10-4-6-5-12-8(9-6)7-2-1-3-11-7/h4-5,7H,1-3H2. The monoisotopic (exact) mass is 167 g/mol. The van der Waals surface area contributed by atoms with Gasteiger partial charge in [0.05, 0.1) is 0 Å². The number of rotatable bonds is 2. The highest BCUT2D eigenvalue weighted by Gasteiger charge is 2.22. The molecular weight excluding hydrogens is 158 g/mol. The molecule has 0 amide bonds. The molecule has 1 unspecified atom stereocenters. The van der Waals surface area contributed by atoms with Crippen LogP contribution in [-0.4, -0.2) is 17.9 Å². The number of carbonyl (C=O) groups excluding carboxylic acids is 1. The maximum atomic E-state index is 10.3. The van der Waals surface area contributed by atoms with Crippen LogP contribution in [0.15, 0.2) is 10.7 Å². The first-order chi connectivity index (χ1) is 5.90. The molecule has 1 aromatic rings. The molecule has 0 aromatic carbocycles. The molecule has 1 atom stereocenters. The van der Waals surface area contributed by atoms with Gasteiger partial charge in [-0.25, -0.2) is 4.98 Å². The Morgan fingerprint density at radius 3 is 3.17 bits per heavy atom. The van der Waals surface area contributed by atoms with Crippen molar-refractivity contribution in [2.45, 2.75) is 18.9 Å². The lowest BCUT2D eigenvalue weighted by molar-refractivity contribution is 0.0891. The molecule has 1 aliphatic heterocycles. The fourth-order valence-electron chi connectivity index (χ4n) is 1.28. The Kier molecular flexibility index (Phi) is 1.91. The van der Waals surface area contributed by atoms with Gasteiger partial charge in [-0.05, 0) is 12.8 Å². The smallest absolute Gasteiger partial charge is 0.223 e. The predicted molar refractivity (Wildman–Crippen MR) is 39.8 cm³/mol. The maximum absolute atomic E-state index is 10.3. The summed E-state index contributed by atoms with van der Waals surface area (Å²) in [5, 5.41) is 0. The van der Waals surface area contributed by atoms with Gasteiger partial charge in [0.25, 0.3) is 0 Å². The Balaban J connectivity index is 2.16. The summed E-state index contributed by atoms with van der Waals surface area (Å²) in [6.07, 6.45) is 3.94. The van der Waals surface area contributed by atoms with E-state index >= 15 is 0 Å². The number of nitrogens with zero attached hydrogens (tertiary/aromatic N) is 1. The van der Waals surface area contributed by atoms with Crippen molar-refractivity contribution < 1.29 is 13.9 Å². The molecule has 0 bridgehead atoms. The zero-order chi connectivity index (χ0) is 8.39. The lowest BCUT2D eigenvalue weighted by atomic mass is 10.2. The van der Waals surface area contributed by atoms with Crippen molar-refractivity contribution in [3.63, 3.8) is 0 Å². The highest BCUT2D eigenvalue weighted by Crippen LogP contribution is 2.27. The number of oxazole rings is 1. The fourth-order valence-corrected chi connectivity index (χ4v) is 1.28. The molecule has 0 spiro atoms. The van der Waals surface area contributed by atoms with E-state index in [-0.39, 0.29) is 6.10 Å². The Bertz CT molecular complexity index is 276. The third kappa shape index (κ3) is 1.25. The Labute approximate surface area is 69.5 Å². The maximum Gasteiger partial charge on any atom is 0.223 e. The van der Waals surface area contributed by atoms with Crippen molar-refractivity contribution in [3.8, 4) is 0 Å². The topological polar surface area (TPSA) is 52.3 Å². The summed E-state index contributed by atoms with van der Waals surface area (Å²) in [6.45, 7) is 0.753. The number of aromatic nitrogens is 1. The van der Waals surface area contributed by atoms with Crippen LogP contribution >= 0.6 is 0 Å². The van der Waals surface area contributed by atoms with Crippen LogP contribution in [0.2, 0.25) is 0 Å². The molecular formula is C8H9NO3. The van der Waals surface area contributed by atoms with Gasteiger partial charge in [0.1, 0.15) is 18.1 Å². The number of aldehydes is 1. The molecule has 4 nitrogen and oxygen atoms in total. The van der Waals surface area contributed by atoms with Gasteiger partial charge in [-0.3, -0.25) is 4.79 Å². The van der Waals surface area contributed by atoms with Crippen LogP contribution in [0.5, 0.6) is 0 Å².